The summed E-state index contributed by atoms with van der Waals surface area (Å²) in [5, 5.41) is 5.17. The maximum atomic E-state index is 13.3. The lowest BCUT2D eigenvalue weighted by Gasteiger charge is -2.24. The topological polar surface area (TPSA) is 86.6 Å². The number of aryl methyl sites for hydroxylation is 3. The van der Waals surface area contributed by atoms with Gasteiger partial charge in [-0.1, -0.05) is 0 Å². The van der Waals surface area contributed by atoms with E-state index in [1.54, 1.807) is 15.6 Å². The van der Waals surface area contributed by atoms with Crippen LogP contribution in [0.3, 0.4) is 0 Å². The molecule has 0 spiro atoms. The summed E-state index contributed by atoms with van der Waals surface area (Å²) < 4.78 is 12.2. The van der Waals surface area contributed by atoms with Gasteiger partial charge in [0.25, 0.3) is 5.91 Å². The van der Waals surface area contributed by atoms with Gasteiger partial charge in [0.1, 0.15) is 5.41 Å². The molecule has 4 rings (SSSR count). The number of rotatable bonds is 2. The van der Waals surface area contributed by atoms with E-state index < -0.39 is 5.41 Å². The van der Waals surface area contributed by atoms with Crippen molar-refractivity contribution in [2.45, 2.75) is 13.8 Å². The minimum absolute atomic E-state index is 0. The number of pyridine rings is 1. The number of aromatic nitrogens is 3. The molecule has 2 aromatic heterocycles. The van der Waals surface area contributed by atoms with Crippen molar-refractivity contribution in [3.05, 3.63) is 23.0 Å². The monoisotopic (exact) mass is 394 g/mol. The van der Waals surface area contributed by atoms with Crippen LogP contribution in [0.4, 0.5) is 0 Å². The fourth-order valence-electron chi connectivity index (χ4n) is 4.29. The van der Waals surface area contributed by atoms with E-state index in [9.17, 15) is 9.59 Å². The molecule has 0 bridgehead atoms. The summed E-state index contributed by atoms with van der Waals surface area (Å²) in [7, 11) is 3.20. The molecule has 0 aliphatic carbocycles. The molecule has 2 fully saturated rings. The number of ether oxygens (including phenoxy) is 2. The van der Waals surface area contributed by atoms with Crippen LogP contribution in [0.15, 0.2) is 6.07 Å². The van der Waals surface area contributed by atoms with Crippen molar-refractivity contribution in [1.29, 1.82) is 0 Å². The highest BCUT2D eigenvalue weighted by Crippen LogP contribution is 2.43. The van der Waals surface area contributed by atoms with E-state index in [4.69, 9.17) is 9.47 Å². The van der Waals surface area contributed by atoms with Crippen LogP contribution < -0.4 is 0 Å². The second-order valence-corrected chi connectivity index (χ2v) is 7.26. The maximum Gasteiger partial charge on any atom is 0.316 e. The number of hydrogen-bond acceptors (Lipinski definition) is 6. The molecule has 1 amide bonds. The van der Waals surface area contributed by atoms with E-state index in [0.29, 0.717) is 37.5 Å². The molecule has 9 heteroatoms. The summed E-state index contributed by atoms with van der Waals surface area (Å²) in [5.41, 5.74) is 2.04. The molecule has 2 aliphatic heterocycles. The molecule has 0 N–H and O–H groups in total. The van der Waals surface area contributed by atoms with Crippen molar-refractivity contribution < 1.29 is 19.1 Å². The van der Waals surface area contributed by atoms with Crippen molar-refractivity contribution >= 4 is 35.3 Å². The molecule has 4 heterocycles. The molecule has 2 aromatic rings. The predicted octanol–water partition coefficient (Wildman–Crippen LogP) is 1.27. The van der Waals surface area contributed by atoms with Gasteiger partial charge in [-0.05, 0) is 19.9 Å². The number of fused-ring (bicyclic) bond motifs is 2. The lowest BCUT2D eigenvalue weighted by atomic mass is 9.81. The Hall–Kier alpha value is -2.19. The molecule has 0 radical (unpaired) electrons. The smallest absolute Gasteiger partial charge is 0.316 e. The van der Waals surface area contributed by atoms with E-state index in [2.05, 4.69) is 10.1 Å². The molecule has 27 heavy (non-hydrogen) atoms. The molecule has 2 aliphatic rings. The Kier molecular flexibility index (Phi) is 4.90. The van der Waals surface area contributed by atoms with Gasteiger partial charge in [-0.25, -0.2) is 4.98 Å². The first-order valence-electron chi connectivity index (χ1n) is 8.64. The molecule has 0 unspecified atom stereocenters. The number of carbonyl (C=O) groups excluding carboxylic acids is 2. The zero-order chi connectivity index (χ0) is 18.6. The lowest BCUT2D eigenvalue weighted by molar-refractivity contribution is -0.153. The van der Waals surface area contributed by atoms with Crippen LogP contribution in [0.5, 0.6) is 0 Å². The number of nitrogens with zero attached hydrogens (tertiary/aromatic N) is 4. The number of methoxy groups -OCH3 is 1. The first kappa shape index (κ1) is 19.6. The van der Waals surface area contributed by atoms with Crippen molar-refractivity contribution in [2.24, 2.45) is 18.4 Å². The van der Waals surface area contributed by atoms with Gasteiger partial charge in [0.2, 0.25) is 0 Å². The Bertz CT molecular complexity index is 928. The van der Waals surface area contributed by atoms with Crippen molar-refractivity contribution in [3.63, 3.8) is 0 Å². The number of likely N-dealkylation sites (tertiary alicyclic amines) is 1. The average molecular weight is 395 g/mol. The average Bonchev–Trinajstić information content (AvgIpc) is 3.24. The molecule has 0 saturated carbocycles. The van der Waals surface area contributed by atoms with Crippen LogP contribution in [0, 0.1) is 25.2 Å². The third kappa shape index (κ3) is 2.78. The second kappa shape index (κ2) is 6.76. The van der Waals surface area contributed by atoms with Gasteiger partial charge in [0.05, 0.1) is 37.0 Å². The Morgan fingerprint density at radius 1 is 1.37 bits per heavy atom. The molecule has 2 atom stereocenters. The molecule has 146 valence electrons. The second-order valence-electron chi connectivity index (χ2n) is 7.26. The van der Waals surface area contributed by atoms with Gasteiger partial charge < -0.3 is 14.4 Å². The quantitative estimate of drug-likeness (QED) is 0.713. The van der Waals surface area contributed by atoms with Crippen LogP contribution in [0.2, 0.25) is 0 Å². The Balaban J connectivity index is 0.00000210. The third-order valence-electron chi connectivity index (χ3n) is 5.58. The van der Waals surface area contributed by atoms with E-state index in [-0.39, 0.29) is 30.2 Å². The molecular formula is C18H23ClN4O4. The molecule has 0 aromatic carbocycles. The SMILES string of the molecule is COC(=O)[C@@]12COC[C@@H]1CN(C(=O)c1cc(C)nc3c1c(C)nn3C)C2.Cl. The van der Waals surface area contributed by atoms with Crippen LogP contribution in [0.25, 0.3) is 11.0 Å². The highest BCUT2D eigenvalue weighted by molar-refractivity contribution is 6.07. The van der Waals surface area contributed by atoms with Crippen LogP contribution in [-0.4, -0.2) is 65.0 Å². The Labute approximate surface area is 163 Å². The summed E-state index contributed by atoms with van der Waals surface area (Å²) in [6.07, 6.45) is 0. The molecule has 8 nitrogen and oxygen atoms in total. The number of carbonyl (C=O) groups is 2. The normalized spacial score (nSPS) is 24.0. The van der Waals surface area contributed by atoms with Crippen molar-refractivity contribution in [2.75, 3.05) is 33.4 Å². The number of hydrogen-bond donors (Lipinski definition) is 0. The summed E-state index contributed by atoms with van der Waals surface area (Å²) >= 11 is 0. The summed E-state index contributed by atoms with van der Waals surface area (Å²) in [5.74, 6) is -0.439. The fraction of sp³-hybridized carbons (Fsp3) is 0.556. The van der Waals surface area contributed by atoms with E-state index in [0.717, 1.165) is 16.8 Å². The van der Waals surface area contributed by atoms with Gasteiger partial charge in [0.15, 0.2) is 5.65 Å². The zero-order valence-electron chi connectivity index (χ0n) is 15.8. The Morgan fingerprint density at radius 2 is 2.11 bits per heavy atom. The minimum Gasteiger partial charge on any atom is -0.468 e. The largest absolute Gasteiger partial charge is 0.468 e. The summed E-state index contributed by atoms with van der Waals surface area (Å²) in [6, 6.07) is 1.80. The number of halogens is 1. The van der Waals surface area contributed by atoms with Crippen LogP contribution >= 0.6 is 12.4 Å². The predicted molar refractivity (Wildman–Crippen MR) is 99.9 cm³/mol. The number of esters is 1. The number of amides is 1. The van der Waals surface area contributed by atoms with E-state index in [1.165, 1.54) is 7.11 Å². The van der Waals surface area contributed by atoms with Gasteiger partial charge in [-0.3, -0.25) is 14.3 Å². The maximum absolute atomic E-state index is 13.3. The molecular weight excluding hydrogens is 372 g/mol. The highest BCUT2D eigenvalue weighted by atomic mass is 35.5. The summed E-state index contributed by atoms with van der Waals surface area (Å²) in [4.78, 5) is 32.0. The van der Waals surface area contributed by atoms with E-state index in [1.807, 2.05) is 20.9 Å². The van der Waals surface area contributed by atoms with Crippen LogP contribution in [0.1, 0.15) is 21.7 Å². The zero-order valence-corrected chi connectivity index (χ0v) is 16.6. The first-order valence-corrected chi connectivity index (χ1v) is 8.64. The third-order valence-corrected chi connectivity index (χ3v) is 5.58. The first-order chi connectivity index (χ1) is 12.4. The Morgan fingerprint density at radius 3 is 2.81 bits per heavy atom. The standard InChI is InChI=1S/C18H22N4O4.ClH/c1-10-5-13(14-11(2)20-21(3)15(14)19-10)16(23)22-6-12-7-26-9-18(12,8-22)17(24)25-4;/h5,12H,6-9H2,1-4H3;1H/t12-,18-;/m0./s1. The fourth-order valence-corrected chi connectivity index (χ4v) is 4.29. The van der Waals surface area contributed by atoms with E-state index >= 15 is 0 Å². The summed E-state index contributed by atoms with van der Waals surface area (Å²) in [6.45, 7) is 5.29. The van der Waals surface area contributed by atoms with Gasteiger partial charge in [-0.2, -0.15) is 5.10 Å². The van der Waals surface area contributed by atoms with Crippen LogP contribution in [-0.2, 0) is 21.3 Å². The van der Waals surface area contributed by atoms with Crippen molar-refractivity contribution in [1.82, 2.24) is 19.7 Å². The highest BCUT2D eigenvalue weighted by Gasteiger charge is 2.57. The van der Waals surface area contributed by atoms with Gasteiger partial charge in [-0.15, -0.1) is 12.4 Å². The van der Waals surface area contributed by atoms with Crippen molar-refractivity contribution in [3.8, 4) is 0 Å². The van der Waals surface area contributed by atoms with Gasteiger partial charge in [0, 0.05) is 31.7 Å². The molecule has 2 saturated heterocycles. The van der Waals surface area contributed by atoms with Gasteiger partial charge >= 0.3 is 5.97 Å². The lowest BCUT2D eigenvalue weighted by Crippen LogP contribution is -2.41. The minimum atomic E-state index is -0.754.